The van der Waals surface area contributed by atoms with E-state index in [2.05, 4.69) is 16.0 Å². The molecule has 2 aromatic rings. The van der Waals surface area contributed by atoms with E-state index in [0.29, 0.717) is 24.4 Å². The Kier molecular flexibility index (Phi) is 14.6. The number of rotatable bonds is 13. The molecule has 1 aliphatic carbocycles. The predicted octanol–water partition coefficient (Wildman–Crippen LogP) is 3.26. The fourth-order valence-electron chi connectivity index (χ4n) is 5.98. The number of amides is 3. The Morgan fingerprint density at radius 1 is 1.00 bits per heavy atom. The zero-order chi connectivity index (χ0) is 31.7. The zero-order valence-corrected chi connectivity index (χ0v) is 25.9. The van der Waals surface area contributed by atoms with Crippen molar-refractivity contribution in [2.45, 2.75) is 81.4 Å². The van der Waals surface area contributed by atoms with Crippen molar-refractivity contribution in [3.63, 3.8) is 0 Å². The number of aliphatic hydroxyl groups is 1. The average Bonchev–Trinajstić information content (AvgIpc) is 3.40. The molecule has 3 amide bonds. The van der Waals surface area contributed by atoms with Crippen molar-refractivity contribution >= 4 is 69.2 Å². The number of benzene rings is 2. The molecular formula is C31H41ClN3NaO8S. The van der Waals surface area contributed by atoms with Gasteiger partial charge in [0.2, 0.25) is 17.3 Å². The van der Waals surface area contributed by atoms with Crippen molar-refractivity contribution in [1.29, 1.82) is 0 Å². The molecule has 2 fully saturated rings. The molecule has 2 aromatic carbocycles. The minimum atomic E-state index is -4.97. The van der Waals surface area contributed by atoms with Crippen LogP contribution in [0.4, 0.5) is 4.79 Å². The summed E-state index contributed by atoms with van der Waals surface area (Å²) in [7, 11) is -4.97. The number of hydrogen-bond acceptors (Lipinski definition) is 7. The van der Waals surface area contributed by atoms with E-state index in [1.54, 1.807) is 18.2 Å². The summed E-state index contributed by atoms with van der Waals surface area (Å²) in [5.41, 5.74) is -0.780. The first-order valence-corrected chi connectivity index (χ1v) is 16.9. The van der Waals surface area contributed by atoms with Crippen LogP contribution in [0.5, 0.6) is 0 Å². The molecule has 0 spiro atoms. The Morgan fingerprint density at radius 2 is 1.71 bits per heavy atom. The normalized spacial score (nSPS) is 19.7. The van der Waals surface area contributed by atoms with E-state index < -0.39 is 51.7 Å². The molecule has 1 saturated heterocycles. The molecule has 11 nitrogen and oxygen atoms in total. The van der Waals surface area contributed by atoms with Gasteiger partial charge in [-0.1, -0.05) is 86.2 Å². The third kappa shape index (κ3) is 11.5. The fourth-order valence-corrected chi connectivity index (χ4v) is 6.79. The Bertz CT molecular complexity index is 1390. The molecule has 1 heterocycles. The summed E-state index contributed by atoms with van der Waals surface area (Å²) in [5, 5.41) is 18.8. The molecular weight excluding hydrogens is 633 g/mol. The summed E-state index contributed by atoms with van der Waals surface area (Å²) < 4.78 is 39.2. The topological polar surface area (TPSA) is 171 Å². The van der Waals surface area contributed by atoms with E-state index >= 15 is 0 Å². The van der Waals surface area contributed by atoms with Gasteiger partial charge in [0.05, 0.1) is 6.04 Å². The van der Waals surface area contributed by atoms with Crippen LogP contribution >= 0.6 is 11.6 Å². The molecule has 0 radical (unpaired) electrons. The number of hydrogen-bond donors (Lipinski definition) is 5. The first kappa shape index (κ1) is 37.3. The van der Waals surface area contributed by atoms with Crippen LogP contribution < -0.4 is 16.0 Å². The van der Waals surface area contributed by atoms with Crippen LogP contribution in [0.25, 0.3) is 0 Å². The predicted molar refractivity (Wildman–Crippen MR) is 171 cm³/mol. The second-order valence-corrected chi connectivity index (χ2v) is 13.6. The van der Waals surface area contributed by atoms with E-state index in [1.165, 1.54) is 0 Å². The van der Waals surface area contributed by atoms with E-state index in [1.807, 2.05) is 36.4 Å². The van der Waals surface area contributed by atoms with Gasteiger partial charge in [0.25, 0.3) is 10.1 Å². The van der Waals surface area contributed by atoms with Gasteiger partial charge in [-0.2, -0.15) is 8.42 Å². The van der Waals surface area contributed by atoms with Crippen LogP contribution in [0.3, 0.4) is 0 Å². The SMILES string of the molecule is O=C(N[C@@H](CC1CCCCC1)C(=O)N[C@@H](CC1CCNC1=O)C(O)S(=O)(=O)O)OC(Cc1cccc(Cl)c1)c1ccccc1.[NaH]. The van der Waals surface area contributed by atoms with E-state index in [0.717, 1.165) is 43.2 Å². The molecule has 1 aliphatic heterocycles. The van der Waals surface area contributed by atoms with Gasteiger partial charge >= 0.3 is 35.7 Å². The molecule has 45 heavy (non-hydrogen) atoms. The molecule has 5 N–H and O–H groups in total. The number of halogens is 1. The second-order valence-electron chi connectivity index (χ2n) is 11.6. The first-order valence-electron chi connectivity index (χ1n) is 15.0. The van der Waals surface area contributed by atoms with Gasteiger partial charge in [-0.15, -0.1) is 0 Å². The molecule has 14 heteroatoms. The molecule has 2 aliphatic rings. The molecule has 0 bridgehead atoms. The quantitative estimate of drug-likeness (QED) is 0.159. The number of alkyl carbamates (subject to hydrolysis) is 1. The number of carbonyl (C=O) groups excluding carboxylic acids is 3. The molecule has 4 rings (SSSR count). The number of carbonyl (C=O) groups is 3. The summed E-state index contributed by atoms with van der Waals surface area (Å²) in [6.45, 7) is 0.377. The molecule has 5 atom stereocenters. The number of nitrogens with one attached hydrogen (secondary N) is 3. The standard InChI is InChI=1S/C31H40ClN3O8S.Na.H/c32-24-13-7-10-21(16-24)18-27(22-11-5-2-6-12-22)43-31(39)35-25(17-20-8-3-1-4-9-20)29(37)34-26(30(38)44(40,41)42)19-23-14-15-33-28(23)36;;/h2,5-7,10-13,16,20,23,25-27,30,38H,1,3-4,8-9,14-15,17-19H2,(H,33,36)(H,34,37)(H,35,39)(H,40,41,42);;/t23?,25-,26-,27?,30?;;/m0../s1. The summed E-state index contributed by atoms with van der Waals surface area (Å²) in [6, 6.07) is 13.7. The molecule has 242 valence electrons. The van der Waals surface area contributed by atoms with Crippen molar-refractivity contribution < 1.29 is 37.2 Å². The Balaban J connectivity index is 0.00000552. The molecule has 1 saturated carbocycles. The van der Waals surface area contributed by atoms with Crippen molar-refractivity contribution in [3.05, 3.63) is 70.7 Å². The van der Waals surface area contributed by atoms with Crippen LogP contribution in [-0.2, 0) is 30.9 Å². The maximum atomic E-state index is 13.6. The van der Waals surface area contributed by atoms with E-state index in [-0.39, 0.29) is 54.2 Å². The Labute approximate surface area is 291 Å². The third-order valence-corrected chi connectivity index (χ3v) is 9.49. The van der Waals surface area contributed by atoms with Crippen LogP contribution in [0, 0.1) is 11.8 Å². The Hall–Kier alpha value is -2.19. The summed E-state index contributed by atoms with van der Waals surface area (Å²) >= 11 is 6.17. The maximum absolute atomic E-state index is 13.6. The molecule has 3 unspecified atom stereocenters. The van der Waals surface area contributed by atoms with Gasteiger partial charge in [-0.3, -0.25) is 14.1 Å². The molecule has 0 aromatic heterocycles. The van der Waals surface area contributed by atoms with Gasteiger partial charge in [0, 0.05) is 23.9 Å². The van der Waals surface area contributed by atoms with Crippen molar-refractivity contribution in [2.75, 3.05) is 6.54 Å². The van der Waals surface area contributed by atoms with E-state index in [4.69, 9.17) is 16.3 Å². The van der Waals surface area contributed by atoms with Gasteiger partial charge in [0.15, 0.2) is 0 Å². The minimum absolute atomic E-state index is 0. The van der Waals surface area contributed by atoms with Crippen LogP contribution in [0.1, 0.15) is 68.6 Å². The first-order chi connectivity index (χ1) is 21.0. The van der Waals surface area contributed by atoms with Gasteiger partial charge in [-0.05, 0) is 48.4 Å². The van der Waals surface area contributed by atoms with Crippen molar-refractivity contribution in [3.8, 4) is 0 Å². The van der Waals surface area contributed by atoms with Gasteiger partial charge in [-0.25, -0.2) is 4.79 Å². The van der Waals surface area contributed by atoms with Crippen LogP contribution in [0.15, 0.2) is 54.6 Å². The zero-order valence-electron chi connectivity index (χ0n) is 24.4. The second kappa shape index (κ2) is 17.7. The van der Waals surface area contributed by atoms with Crippen LogP contribution in [0.2, 0.25) is 5.02 Å². The monoisotopic (exact) mass is 673 g/mol. The summed E-state index contributed by atoms with van der Waals surface area (Å²) in [5.74, 6) is -1.62. The number of aliphatic hydroxyl groups excluding tert-OH is 1. The fraction of sp³-hybridized carbons (Fsp3) is 0.516. The van der Waals surface area contributed by atoms with Gasteiger partial charge < -0.3 is 25.8 Å². The van der Waals surface area contributed by atoms with Gasteiger partial charge in [0.1, 0.15) is 12.1 Å². The van der Waals surface area contributed by atoms with Crippen molar-refractivity contribution in [1.82, 2.24) is 16.0 Å². The van der Waals surface area contributed by atoms with Crippen LogP contribution in [-0.4, -0.2) is 89.6 Å². The number of ether oxygens (including phenoxy) is 1. The summed E-state index contributed by atoms with van der Waals surface area (Å²) in [4.78, 5) is 39.2. The Morgan fingerprint density at radius 3 is 2.33 bits per heavy atom. The third-order valence-electron chi connectivity index (χ3n) is 8.31. The summed E-state index contributed by atoms with van der Waals surface area (Å²) in [6.07, 6.45) is 3.98. The van der Waals surface area contributed by atoms with Crippen molar-refractivity contribution in [2.24, 2.45) is 11.8 Å². The average molecular weight is 674 g/mol. The van der Waals surface area contributed by atoms with E-state index in [9.17, 15) is 32.5 Å².